The fraction of sp³-hybridized carbons (Fsp3) is 0.417. The third-order valence-corrected chi connectivity index (χ3v) is 2.42. The summed E-state index contributed by atoms with van der Waals surface area (Å²) in [5.74, 6) is -1.24. The molecule has 0 aliphatic heterocycles. The van der Waals surface area contributed by atoms with Gasteiger partial charge in [-0.05, 0) is 31.5 Å². The van der Waals surface area contributed by atoms with Crippen LogP contribution in [0, 0.1) is 0 Å². The topological polar surface area (TPSA) is 66.8 Å². The molecule has 2 unspecified atom stereocenters. The standard InChI is InChI=1S/C12H15FO4/c1-3-17-11(15)10(13)12(2,16)8-5-4-6-9(14)7-8/h4-7,10,14,16H,3H2,1-2H3. The zero-order valence-corrected chi connectivity index (χ0v) is 9.68. The molecule has 0 aromatic heterocycles. The summed E-state index contributed by atoms with van der Waals surface area (Å²) in [6, 6.07) is 5.46. The van der Waals surface area contributed by atoms with Gasteiger partial charge < -0.3 is 14.9 Å². The number of benzene rings is 1. The number of carbonyl (C=O) groups is 1. The monoisotopic (exact) mass is 242 g/mol. The number of hydrogen-bond acceptors (Lipinski definition) is 4. The molecule has 1 rings (SSSR count). The Balaban J connectivity index is 2.97. The molecule has 0 saturated heterocycles. The number of rotatable bonds is 4. The van der Waals surface area contributed by atoms with Crippen LogP contribution in [0.4, 0.5) is 4.39 Å². The number of aliphatic hydroxyl groups is 1. The van der Waals surface area contributed by atoms with Crippen LogP contribution in [0.3, 0.4) is 0 Å². The number of esters is 1. The summed E-state index contributed by atoms with van der Waals surface area (Å²) in [6.45, 7) is 2.74. The first kappa shape index (κ1) is 13.4. The van der Waals surface area contributed by atoms with E-state index in [-0.39, 0.29) is 17.9 Å². The number of phenols is 1. The van der Waals surface area contributed by atoms with Gasteiger partial charge in [0.1, 0.15) is 11.4 Å². The molecule has 0 aliphatic rings. The Morgan fingerprint density at radius 2 is 2.24 bits per heavy atom. The van der Waals surface area contributed by atoms with Crippen LogP contribution in [0.25, 0.3) is 0 Å². The smallest absolute Gasteiger partial charge is 0.344 e. The van der Waals surface area contributed by atoms with Gasteiger partial charge in [-0.25, -0.2) is 9.18 Å². The number of carbonyl (C=O) groups excluding carboxylic acids is 1. The molecule has 94 valence electrons. The first-order valence-electron chi connectivity index (χ1n) is 5.22. The van der Waals surface area contributed by atoms with E-state index in [0.29, 0.717) is 0 Å². The summed E-state index contributed by atoms with van der Waals surface area (Å²) in [5, 5.41) is 19.2. The molecule has 2 atom stereocenters. The fourth-order valence-electron chi connectivity index (χ4n) is 1.41. The van der Waals surface area contributed by atoms with E-state index in [2.05, 4.69) is 4.74 Å². The van der Waals surface area contributed by atoms with Crippen molar-refractivity contribution in [3.8, 4) is 5.75 Å². The molecule has 2 N–H and O–H groups in total. The van der Waals surface area contributed by atoms with E-state index >= 15 is 0 Å². The number of ether oxygens (including phenoxy) is 1. The van der Waals surface area contributed by atoms with Crippen molar-refractivity contribution in [1.82, 2.24) is 0 Å². The summed E-state index contributed by atoms with van der Waals surface area (Å²) in [7, 11) is 0. The molecule has 17 heavy (non-hydrogen) atoms. The van der Waals surface area contributed by atoms with Gasteiger partial charge in [0.15, 0.2) is 0 Å². The zero-order valence-electron chi connectivity index (χ0n) is 9.68. The minimum Gasteiger partial charge on any atom is -0.508 e. The summed E-state index contributed by atoms with van der Waals surface area (Å²) in [5.41, 5.74) is -1.93. The molecule has 0 bridgehead atoms. The van der Waals surface area contributed by atoms with E-state index in [1.54, 1.807) is 6.92 Å². The highest BCUT2D eigenvalue weighted by Crippen LogP contribution is 2.29. The van der Waals surface area contributed by atoms with Crippen molar-refractivity contribution < 1.29 is 24.1 Å². The third-order valence-electron chi connectivity index (χ3n) is 2.42. The molecule has 4 nitrogen and oxygen atoms in total. The quantitative estimate of drug-likeness (QED) is 0.785. The van der Waals surface area contributed by atoms with Crippen LogP contribution in [-0.4, -0.2) is 29.0 Å². The highest BCUT2D eigenvalue weighted by molar-refractivity contribution is 5.76. The molecule has 0 aliphatic carbocycles. The Hall–Kier alpha value is -1.62. The van der Waals surface area contributed by atoms with Crippen molar-refractivity contribution in [2.24, 2.45) is 0 Å². The van der Waals surface area contributed by atoms with Crippen LogP contribution in [0.2, 0.25) is 0 Å². The maximum absolute atomic E-state index is 13.8. The Labute approximate surface area is 98.7 Å². The Bertz CT molecular complexity index is 403. The SMILES string of the molecule is CCOC(=O)C(F)C(C)(O)c1cccc(O)c1. The maximum Gasteiger partial charge on any atom is 0.344 e. The molecular formula is C12H15FO4. The van der Waals surface area contributed by atoms with Crippen molar-refractivity contribution in [3.05, 3.63) is 29.8 Å². The maximum atomic E-state index is 13.8. The Morgan fingerprint density at radius 1 is 1.59 bits per heavy atom. The van der Waals surface area contributed by atoms with Gasteiger partial charge in [-0.1, -0.05) is 12.1 Å². The van der Waals surface area contributed by atoms with Gasteiger partial charge in [-0.2, -0.15) is 0 Å². The van der Waals surface area contributed by atoms with Gasteiger partial charge in [0.05, 0.1) is 6.61 Å². The van der Waals surface area contributed by atoms with Crippen LogP contribution in [0.15, 0.2) is 24.3 Å². The summed E-state index contributed by atoms with van der Waals surface area (Å²) < 4.78 is 18.3. The van der Waals surface area contributed by atoms with E-state index in [1.807, 2.05) is 0 Å². The first-order chi connectivity index (χ1) is 7.89. The molecule has 1 aromatic rings. The minimum absolute atomic E-state index is 0.0371. The van der Waals surface area contributed by atoms with E-state index < -0.39 is 17.7 Å². The summed E-state index contributed by atoms with van der Waals surface area (Å²) in [4.78, 5) is 11.2. The Kier molecular flexibility index (Phi) is 4.07. The number of halogens is 1. The number of phenolic OH excluding ortho intramolecular Hbond substituents is 1. The second-order valence-electron chi connectivity index (χ2n) is 3.81. The van der Waals surface area contributed by atoms with E-state index in [4.69, 9.17) is 0 Å². The molecule has 0 saturated carbocycles. The van der Waals surface area contributed by atoms with Crippen LogP contribution in [-0.2, 0) is 15.1 Å². The summed E-state index contributed by atoms with van der Waals surface area (Å²) >= 11 is 0. The average molecular weight is 242 g/mol. The first-order valence-corrected chi connectivity index (χ1v) is 5.22. The molecule has 0 amide bonds. The largest absolute Gasteiger partial charge is 0.508 e. The molecule has 0 heterocycles. The molecule has 1 aromatic carbocycles. The van der Waals surface area contributed by atoms with Crippen molar-refractivity contribution in [1.29, 1.82) is 0 Å². The van der Waals surface area contributed by atoms with Gasteiger partial charge >= 0.3 is 5.97 Å². The highest BCUT2D eigenvalue weighted by Gasteiger charge is 2.40. The van der Waals surface area contributed by atoms with Gasteiger partial charge in [-0.15, -0.1) is 0 Å². The van der Waals surface area contributed by atoms with Gasteiger partial charge in [-0.3, -0.25) is 0 Å². The summed E-state index contributed by atoms with van der Waals surface area (Å²) in [6.07, 6.45) is -2.20. The van der Waals surface area contributed by atoms with E-state index in [9.17, 15) is 19.4 Å². The van der Waals surface area contributed by atoms with Gasteiger partial charge in [0, 0.05) is 0 Å². The highest BCUT2D eigenvalue weighted by atomic mass is 19.1. The zero-order chi connectivity index (χ0) is 13.1. The lowest BCUT2D eigenvalue weighted by molar-refractivity contribution is -0.160. The lowest BCUT2D eigenvalue weighted by Gasteiger charge is -2.26. The van der Waals surface area contributed by atoms with E-state index in [1.165, 1.54) is 24.3 Å². The van der Waals surface area contributed by atoms with Gasteiger partial charge in [0.25, 0.3) is 0 Å². The lowest BCUT2D eigenvalue weighted by atomic mass is 9.91. The second-order valence-corrected chi connectivity index (χ2v) is 3.81. The molecular weight excluding hydrogens is 227 g/mol. The predicted molar refractivity (Wildman–Crippen MR) is 59.2 cm³/mol. The van der Waals surface area contributed by atoms with Crippen molar-refractivity contribution in [2.75, 3.05) is 6.61 Å². The van der Waals surface area contributed by atoms with E-state index in [0.717, 1.165) is 6.92 Å². The predicted octanol–water partition coefficient (Wildman–Crippen LogP) is 1.50. The average Bonchev–Trinajstić information content (AvgIpc) is 2.28. The molecule has 0 radical (unpaired) electrons. The number of aromatic hydroxyl groups is 1. The molecule has 0 fully saturated rings. The van der Waals surface area contributed by atoms with Crippen molar-refractivity contribution >= 4 is 5.97 Å². The lowest BCUT2D eigenvalue weighted by Crippen LogP contribution is -2.40. The van der Waals surface area contributed by atoms with Crippen LogP contribution in [0.1, 0.15) is 19.4 Å². The minimum atomic E-state index is -2.20. The van der Waals surface area contributed by atoms with Crippen LogP contribution < -0.4 is 0 Å². The fourth-order valence-corrected chi connectivity index (χ4v) is 1.41. The Morgan fingerprint density at radius 3 is 2.76 bits per heavy atom. The number of hydrogen-bond donors (Lipinski definition) is 2. The van der Waals surface area contributed by atoms with Crippen LogP contribution >= 0.6 is 0 Å². The molecule has 5 heteroatoms. The van der Waals surface area contributed by atoms with Gasteiger partial charge in [0.2, 0.25) is 6.17 Å². The van der Waals surface area contributed by atoms with Crippen molar-refractivity contribution in [2.45, 2.75) is 25.6 Å². The third kappa shape index (κ3) is 2.94. The second kappa shape index (κ2) is 5.14. The number of alkyl halides is 1. The normalized spacial score (nSPS) is 16.0. The molecule has 0 spiro atoms. The van der Waals surface area contributed by atoms with Crippen LogP contribution in [0.5, 0.6) is 5.75 Å². The van der Waals surface area contributed by atoms with Crippen molar-refractivity contribution in [3.63, 3.8) is 0 Å².